The third-order valence-electron chi connectivity index (χ3n) is 4.17. The Morgan fingerprint density at radius 2 is 1.93 bits per heavy atom. The first kappa shape index (κ1) is 10.9. The zero-order chi connectivity index (χ0) is 10.9. The number of hydrogen-bond donors (Lipinski definition) is 1. The van der Waals surface area contributed by atoms with Gasteiger partial charge in [0.15, 0.2) is 0 Å². The molecule has 1 aliphatic heterocycles. The zero-order valence-electron chi connectivity index (χ0n) is 9.54. The van der Waals surface area contributed by atoms with Crippen molar-refractivity contribution in [3.63, 3.8) is 0 Å². The van der Waals surface area contributed by atoms with Gasteiger partial charge in [0.2, 0.25) is 0 Å². The van der Waals surface area contributed by atoms with E-state index in [4.69, 9.17) is 0 Å². The van der Waals surface area contributed by atoms with Crippen LogP contribution in [-0.4, -0.2) is 34.1 Å². The normalized spacial score (nSPS) is 34.5. The van der Waals surface area contributed by atoms with Gasteiger partial charge in [0.1, 0.15) is 5.54 Å². The smallest absolute Gasteiger partial charge is 0.323 e. The van der Waals surface area contributed by atoms with Crippen LogP contribution in [0.15, 0.2) is 0 Å². The Hall–Kier alpha value is -0.570. The highest BCUT2D eigenvalue weighted by Crippen LogP contribution is 2.35. The lowest BCUT2D eigenvalue weighted by molar-refractivity contribution is -0.150. The summed E-state index contributed by atoms with van der Waals surface area (Å²) in [6, 6.07) is 0.530. The van der Waals surface area contributed by atoms with E-state index < -0.39 is 11.5 Å². The number of hydrogen-bond acceptors (Lipinski definition) is 2. The summed E-state index contributed by atoms with van der Waals surface area (Å²) < 4.78 is 0. The minimum Gasteiger partial charge on any atom is -0.480 e. The maximum absolute atomic E-state index is 11.3. The highest BCUT2D eigenvalue weighted by molar-refractivity contribution is 5.78. The summed E-state index contributed by atoms with van der Waals surface area (Å²) in [5, 5.41) is 9.33. The fraction of sp³-hybridized carbons (Fsp3) is 0.917. The Bertz CT molecular complexity index is 248. The summed E-state index contributed by atoms with van der Waals surface area (Å²) in [6.45, 7) is 2.88. The van der Waals surface area contributed by atoms with Gasteiger partial charge in [0, 0.05) is 6.04 Å². The van der Waals surface area contributed by atoms with Crippen LogP contribution in [0.5, 0.6) is 0 Å². The Morgan fingerprint density at radius 1 is 1.27 bits per heavy atom. The molecule has 0 amide bonds. The number of likely N-dealkylation sites (tertiary alicyclic amines) is 1. The van der Waals surface area contributed by atoms with Crippen molar-refractivity contribution in [1.29, 1.82) is 0 Å². The molecule has 0 aromatic rings. The molecule has 1 unspecified atom stereocenters. The zero-order valence-corrected chi connectivity index (χ0v) is 9.54. The molecule has 15 heavy (non-hydrogen) atoms. The summed E-state index contributed by atoms with van der Waals surface area (Å²) in [7, 11) is 0. The number of aliphatic carboxylic acids is 1. The molecular formula is C12H21NO2. The van der Waals surface area contributed by atoms with Crippen molar-refractivity contribution in [3.05, 3.63) is 0 Å². The van der Waals surface area contributed by atoms with Crippen LogP contribution in [-0.2, 0) is 4.79 Å². The molecule has 1 atom stereocenters. The van der Waals surface area contributed by atoms with Gasteiger partial charge >= 0.3 is 5.97 Å². The average molecular weight is 211 g/mol. The van der Waals surface area contributed by atoms with E-state index in [0.29, 0.717) is 6.04 Å². The van der Waals surface area contributed by atoms with E-state index in [1.165, 1.54) is 32.1 Å². The molecule has 1 heterocycles. The monoisotopic (exact) mass is 211 g/mol. The molecule has 0 aromatic carbocycles. The van der Waals surface area contributed by atoms with E-state index in [1.807, 2.05) is 6.92 Å². The summed E-state index contributed by atoms with van der Waals surface area (Å²) in [5.41, 5.74) is -0.581. The molecule has 1 saturated carbocycles. The average Bonchev–Trinajstić information content (AvgIpc) is 2.63. The van der Waals surface area contributed by atoms with Crippen LogP contribution in [0.2, 0.25) is 0 Å². The summed E-state index contributed by atoms with van der Waals surface area (Å²) in [4.78, 5) is 13.6. The second-order valence-corrected chi connectivity index (χ2v) is 5.17. The molecule has 3 heteroatoms. The molecule has 0 bridgehead atoms. The predicted molar refractivity (Wildman–Crippen MR) is 58.9 cm³/mol. The van der Waals surface area contributed by atoms with Gasteiger partial charge in [-0.1, -0.05) is 19.3 Å². The van der Waals surface area contributed by atoms with Crippen molar-refractivity contribution in [2.75, 3.05) is 6.54 Å². The number of carboxylic acids is 1. The van der Waals surface area contributed by atoms with Gasteiger partial charge in [-0.15, -0.1) is 0 Å². The topological polar surface area (TPSA) is 40.5 Å². The Balaban J connectivity index is 2.09. The van der Waals surface area contributed by atoms with E-state index in [9.17, 15) is 9.90 Å². The van der Waals surface area contributed by atoms with Crippen LogP contribution < -0.4 is 0 Å². The molecule has 1 aliphatic carbocycles. The first-order valence-electron chi connectivity index (χ1n) is 6.15. The van der Waals surface area contributed by atoms with Gasteiger partial charge in [-0.25, -0.2) is 0 Å². The van der Waals surface area contributed by atoms with Crippen molar-refractivity contribution in [2.24, 2.45) is 0 Å². The SMILES string of the molecule is CC1(C(=O)O)CCCN1C1CCCCC1. The van der Waals surface area contributed by atoms with Gasteiger partial charge < -0.3 is 5.11 Å². The lowest BCUT2D eigenvalue weighted by Gasteiger charge is -2.39. The minimum absolute atomic E-state index is 0.530. The van der Waals surface area contributed by atoms with Crippen LogP contribution in [0.3, 0.4) is 0 Å². The summed E-state index contributed by atoms with van der Waals surface area (Å²) >= 11 is 0. The van der Waals surface area contributed by atoms with Gasteiger partial charge in [0.25, 0.3) is 0 Å². The largest absolute Gasteiger partial charge is 0.480 e. The molecule has 2 rings (SSSR count). The second kappa shape index (κ2) is 4.12. The van der Waals surface area contributed by atoms with Crippen LogP contribution in [0.4, 0.5) is 0 Å². The molecule has 1 N–H and O–H groups in total. The summed E-state index contributed by atoms with van der Waals surface area (Å²) in [6.07, 6.45) is 8.13. The molecule has 2 fully saturated rings. The number of carboxylic acid groups (broad SMARTS) is 1. The van der Waals surface area contributed by atoms with Crippen molar-refractivity contribution >= 4 is 5.97 Å². The Morgan fingerprint density at radius 3 is 2.53 bits per heavy atom. The Kier molecular flexibility index (Phi) is 3.01. The van der Waals surface area contributed by atoms with Gasteiger partial charge in [0.05, 0.1) is 0 Å². The molecule has 86 valence electrons. The maximum Gasteiger partial charge on any atom is 0.323 e. The fourth-order valence-corrected chi connectivity index (χ4v) is 3.19. The van der Waals surface area contributed by atoms with E-state index in [2.05, 4.69) is 4.90 Å². The highest BCUT2D eigenvalue weighted by atomic mass is 16.4. The lowest BCUT2D eigenvalue weighted by Crippen LogP contribution is -2.53. The first-order chi connectivity index (χ1) is 7.14. The third kappa shape index (κ3) is 1.89. The van der Waals surface area contributed by atoms with Crippen molar-refractivity contribution < 1.29 is 9.90 Å². The van der Waals surface area contributed by atoms with E-state index in [-0.39, 0.29) is 0 Å². The standard InChI is InChI=1S/C12H21NO2/c1-12(11(14)15)8-5-9-13(12)10-6-3-2-4-7-10/h10H,2-9H2,1H3,(H,14,15). The van der Waals surface area contributed by atoms with Crippen LogP contribution in [0.25, 0.3) is 0 Å². The molecule has 3 nitrogen and oxygen atoms in total. The molecule has 0 radical (unpaired) electrons. The Labute approximate surface area is 91.5 Å². The lowest BCUT2D eigenvalue weighted by atomic mass is 9.90. The quantitative estimate of drug-likeness (QED) is 0.761. The maximum atomic E-state index is 11.3. The number of nitrogens with zero attached hydrogens (tertiary/aromatic N) is 1. The van der Waals surface area contributed by atoms with Crippen molar-refractivity contribution in [3.8, 4) is 0 Å². The fourth-order valence-electron chi connectivity index (χ4n) is 3.19. The second-order valence-electron chi connectivity index (χ2n) is 5.17. The van der Waals surface area contributed by atoms with Crippen molar-refractivity contribution in [1.82, 2.24) is 4.90 Å². The minimum atomic E-state index is -0.634. The van der Waals surface area contributed by atoms with Crippen LogP contribution >= 0.6 is 0 Å². The van der Waals surface area contributed by atoms with Gasteiger partial charge in [-0.05, 0) is 39.2 Å². The van der Waals surface area contributed by atoms with Gasteiger partial charge in [-0.3, -0.25) is 9.69 Å². The molecule has 2 aliphatic rings. The molecular weight excluding hydrogens is 190 g/mol. The first-order valence-corrected chi connectivity index (χ1v) is 6.15. The van der Waals surface area contributed by atoms with Gasteiger partial charge in [-0.2, -0.15) is 0 Å². The van der Waals surface area contributed by atoms with E-state index >= 15 is 0 Å². The molecule has 0 aromatic heterocycles. The molecule has 0 spiro atoms. The molecule has 1 saturated heterocycles. The number of carbonyl (C=O) groups is 1. The van der Waals surface area contributed by atoms with Crippen LogP contribution in [0, 0.1) is 0 Å². The highest BCUT2D eigenvalue weighted by Gasteiger charge is 2.46. The summed E-state index contributed by atoms with van der Waals surface area (Å²) in [5.74, 6) is -0.634. The third-order valence-corrected chi connectivity index (χ3v) is 4.17. The van der Waals surface area contributed by atoms with Crippen LogP contribution in [0.1, 0.15) is 51.9 Å². The predicted octanol–water partition coefficient (Wildman–Crippen LogP) is 2.26. The van der Waals surface area contributed by atoms with Crippen molar-refractivity contribution in [2.45, 2.75) is 63.5 Å². The van der Waals surface area contributed by atoms with E-state index in [1.54, 1.807) is 0 Å². The van der Waals surface area contributed by atoms with E-state index in [0.717, 1.165) is 19.4 Å². The number of rotatable bonds is 2.